The van der Waals surface area contributed by atoms with Gasteiger partial charge in [0.15, 0.2) is 10.7 Å². The Balaban J connectivity index is 1.45. The minimum absolute atomic E-state index is 0.138. The van der Waals surface area contributed by atoms with Gasteiger partial charge >= 0.3 is 0 Å². The summed E-state index contributed by atoms with van der Waals surface area (Å²) in [6.45, 7) is 2.34. The number of hydrogen-bond acceptors (Lipinski definition) is 6. The summed E-state index contributed by atoms with van der Waals surface area (Å²) < 4.78 is 12.0. The first-order valence-electron chi connectivity index (χ1n) is 9.49. The van der Waals surface area contributed by atoms with Crippen molar-refractivity contribution in [3.63, 3.8) is 0 Å². The number of oxazole rings is 1. The van der Waals surface area contributed by atoms with Crippen molar-refractivity contribution >= 4 is 67.6 Å². The SMILES string of the molecule is CCOc1ccc(C(=O)NC(=S)Nc2ccc3oc(-c4cncc(Br)c4)nc3c2)cc1Cl. The third kappa shape index (κ3) is 5.07. The van der Waals surface area contributed by atoms with Crippen LogP contribution in [0, 0.1) is 0 Å². The Morgan fingerprint density at radius 2 is 2.06 bits per heavy atom. The fourth-order valence-corrected chi connectivity index (χ4v) is 3.72. The van der Waals surface area contributed by atoms with Crippen LogP contribution in [0.25, 0.3) is 22.6 Å². The molecule has 0 atom stereocenters. The van der Waals surface area contributed by atoms with Crippen LogP contribution in [0.2, 0.25) is 5.02 Å². The lowest BCUT2D eigenvalue weighted by atomic mass is 10.2. The lowest BCUT2D eigenvalue weighted by Crippen LogP contribution is -2.34. The minimum Gasteiger partial charge on any atom is -0.492 e. The van der Waals surface area contributed by atoms with E-state index in [4.69, 9.17) is 33.0 Å². The maximum absolute atomic E-state index is 12.5. The number of pyridine rings is 1. The molecule has 0 bridgehead atoms. The zero-order chi connectivity index (χ0) is 22.7. The molecule has 4 aromatic rings. The van der Waals surface area contributed by atoms with Crippen LogP contribution >= 0.6 is 39.7 Å². The van der Waals surface area contributed by atoms with Crippen LogP contribution in [0.3, 0.4) is 0 Å². The first kappa shape index (κ1) is 22.2. The topological polar surface area (TPSA) is 89.3 Å². The minimum atomic E-state index is -0.389. The van der Waals surface area contributed by atoms with Gasteiger partial charge in [0.2, 0.25) is 5.89 Å². The molecule has 0 radical (unpaired) electrons. The Kier molecular flexibility index (Phi) is 6.69. The maximum Gasteiger partial charge on any atom is 0.257 e. The van der Waals surface area contributed by atoms with E-state index in [9.17, 15) is 4.79 Å². The Bertz CT molecular complexity index is 1330. The Labute approximate surface area is 202 Å². The van der Waals surface area contributed by atoms with E-state index in [2.05, 4.69) is 36.5 Å². The van der Waals surface area contributed by atoms with Gasteiger partial charge in [0.05, 0.1) is 17.2 Å². The number of nitrogens with zero attached hydrogens (tertiary/aromatic N) is 2. The molecule has 0 fully saturated rings. The van der Waals surface area contributed by atoms with Gasteiger partial charge in [-0.15, -0.1) is 0 Å². The number of carbonyl (C=O) groups excluding carboxylic acids is 1. The number of aromatic nitrogens is 2. The van der Waals surface area contributed by atoms with Crippen molar-refractivity contribution in [2.45, 2.75) is 6.92 Å². The molecule has 0 spiro atoms. The monoisotopic (exact) mass is 530 g/mol. The van der Waals surface area contributed by atoms with E-state index in [1.807, 2.05) is 13.0 Å². The lowest BCUT2D eigenvalue weighted by Gasteiger charge is -2.11. The highest BCUT2D eigenvalue weighted by atomic mass is 79.9. The molecule has 162 valence electrons. The molecule has 4 rings (SSSR count). The van der Waals surface area contributed by atoms with Crippen LogP contribution in [0.1, 0.15) is 17.3 Å². The van der Waals surface area contributed by atoms with E-state index >= 15 is 0 Å². The number of halogens is 2. The molecular weight excluding hydrogens is 516 g/mol. The molecule has 0 aliphatic carbocycles. The van der Waals surface area contributed by atoms with Gasteiger partial charge < -0.3 is 14.5 Å². The normalized spacial score (nSPS) is 10.7. The van der Waals surface area contributed by atoms with E-state index in [0.717, 1.165) is 10.0 Å². The predicted octanol–water partition coefficient (Wildman–Crippen LogP) is 5.83. The van der Waals surface area contributed by atoms with Crippen LogP contribution in [0.5, 0.6) is 5.75 Å². The van der Waals surface area contributed by atoms with Gasteiger partial charge in [-0.25, -0.2) is 4.98 Å². The average molecular weight is 532 g/mol. The van der Waals surface area contributed by atoms with Crippen LogP contribution in [0.15, 0.2) is 63.7 Å². The molecule has 2 aromatic heterocycles. The molecule has 10 heteroatoms. The van der Waals surface area contributed by atoms with Crippen LogP contribution in [-0.2, 0) is 0 Å². The van der Waals surface area contributed by atoms with Crippen molar-refractivity contribution < 1.29 is 13.9 Å². The molecule has 0 saturated heterocycles. The fraction of sp³-hybridized carbons (Fsp3) is 0.0909. The highest BCUT2D eigenvalue weighted by Crippen LogP contribution is 2.28. The lowest BCUT2D eigenvalue weighted by molar-refractivity contribution is 0.0977. The summed E-state index contributed by atoms with van der Waals surface area (Å²) in [6, 6.07) is 12.0. The van der Waals surface area contributed by atoms with Gasteiger partial charge in [0, 0.05) is 28.1 Å². The summed E-state index contributed by atoms with van der Waals surface area (Å²) in [6.07, 6.45) is 3.36. The largest absolute Gasteiger partial charge is 0.492 e. The number of amides is 1. The van der Waals surface area contributed by atoms with Crippen molar-refractivity contribution in [2.24, 2.45) is 0 Å². The molecule has 0 aliphatic rings. The summed E-state index contributed by atoms with van der Waals surface area (Å²) in [5.41, 5.74) is 3.02. The van der Waals surface area contributed by atoms with Crippen LogP contribution in [0.4, 0.5) is 5.69 Å². The summed E-state index contributed by atoms with van der Waals surface area (Å²) in [7, 11) is 0. The van der Waals surface area contributed by atoms with Gasteiger partial charge in [-0.05, 0) is 77.5 Å². The number of ether oxygens (including phenoxy) is 1. The molecule has 2 aromatic carbocycles. The van der Waals surface area contributed by atoms with Crippen molar-refractivity contribution in [3.8, 4) is 17.2 Å². The molecule has 2 N–H and O–H groups in total. The highest BCUT2D eigenvalue weighted by molar-refractivity contribution is 9.10. The fourth-order valence-electron chi connectivity index (χ4n) is 2.91. The number of nitrogens with one attached hydrogen (secondary N) is 2. The molecule has 0 unspecified atom stereocenters. The van der Waals surface area contributed by atoms with E-state index in [0.29, 0.717) is 45.6 Å². The first-order chi connectivity index (χ1) is 15.4. The van der Waals surface area contributed by atoms with Crippen LogP contribution in [-0.4, -0.2) is 27.6 Å². The third-order valence-corrected chi connectivity index (χ3v) is 5.25. The van der Waals surface area contributed by atoms with Gasteiger partial charge in [-0.1, -0.05) is 11.6 Å². The number of thiocarbonyl (C=S) groups is 1. The number of benzene rings is 2. The van der Waals surface area contributed by atoms with Gasteiger partial charge in [-0.2, -0.15) is 0 Å². The maximum atomic E-state index is 12.5. The second-order valence-corrected chi connectivity index (χ2v) is 8.31. The van der Waals surface area contributed by atoms with Crippen molar-refractivity contribution in [1.82, 2.24) is 15.3 Å². The van der Waals surface area contributed by atoms with E-state index in [-0.39, 0.29) is 11.0 Å². The number of fused-ring (bicyclic) bond motifs is 1. The summed E-state index contributed by atoms with van der Waals surface area (Å²) in [5.74, 6) is 0.582. The smallest absolute Gasteiger partial charge is 0.257 e. The quantitative estimate of drug-likeness (QED) is 0.313. The zero-order valence-corrected chi connectivity index (χ0v) is 19.8. The van der Waals surface area contributed by atoms with Gasteiger partial charge in [0.1, 0.15) is 11.3 Å². The van der Waals surface area contributed by atoms with Crippen molar-refractivity contribution in [1.29, 1.82) is 0 Å². The number of anilines is 1. The van der Waals surface area contributed by atoms with Gasteiger partial charge in [-0.3, -0.25) is 15.1 Å². The Hall–Kier alpha value is -3.01. The Morgan fingerprint density at radius 1 is 1.22 bits per heavy atom. The molecule has 32 heavy (non-hydrogen) atoms. The molecule has 1 amide bonds. The number of carbonyl (C=O) groups is 1. The molecule has 2 heterocycles. The predicted molar refractivity (Wildman–Crippen MR) is 131 cm³/mol. The van der Waals surface area contributed by atoms with Crippen molar-refractivity contribution in [2.75, 3.05) is 11.9 Å². The highest BCUT2D eigenvalue weighted by Gasteiger charge is 2.13. The number of rotatable bonds is 5. The Morgan fingerprint density at radius 3 is 2.81 bits per heavy atom. The molecule has 0 aliphatic heterocycles. The van der Waals surface area contributed by atoms with E-state index in [1.165, 1.54) is 6.07 Å². The summed E-state index contributed by atoms with van der Waals surface area (Å²) in [5, 5.41) is 6.10. The molecular formula is C22H16BrClN4O3S. The summed E-state index contributed by atoms with van der Waals surface area (Å²) >= 11 is 14.8. The molecule has 7 nitrogen and oxygen atoms in total. The first-order valence-corrected chi connectivity index (χ1v) is 11.1. The zero-order valence-electron chi connectivity index (χ0n) is 16.7. The third-order valence-electron chi connectivity index (χ3n) is 4.32. The standard InChI is InChI=1S/C22H16BrClN4O3S/c1-2-30-18-5-3-12(8-16(18)24)20(29)28-22(32)26-15-4-6-19-17(9-15)27-21(31-19)13-7-14(23)11-25-10-13/h3-11H,2H2,1H3,(H2,26,28,29,32). The second-order valence-electron chi connectivity index (χ2n) is 6.58. The van der Waals surface area contributed by atoms with Crippen molar-refractivity contribution in [3.05, 3.63) is 69.9 Å². The van der Waals surface area contributed by atoms with Crippen LogP contribution < -0.4 is 15.4 Å². The average Bonchev–Trinajstić information content (AvgIpc) is 3.18. The number of hydrogen-bond donors (Lipinski definition) is 2. The van der Waals surface area contributed by atoms with E-state index in [1.54, 1.807) is 42.7 Å². The van der Waals surface area contributed by atoms with Gasteiger partial charge in [0.25, 0.3) is 5.91 Å². The van der Waals surface area contributed by atoms with E-state index < -0.39 is 0 Å². The second kappa shape index (κ2) is 9.64. The summed E-state index contributed by atoms with van der Waals surface area (Å²) in [4.78, 5) is 21.1. The molecule has 0 saturated carbocycles.